The van der Waals surface area contributed by atoms with E-state index in [9.17, 15) is 10.1 Å². The fourth-order valence-electron chi connectivity index (χ4n) is 3.17. The van der Waals surface area contributed by atoms with Gasteiger partial charge in [-0.05, 0) is 17.7 Å². The highest BCUT2D eigenvalue weighted by Crippen LogP contribution is 2.33. The molecule has 10 nitrogen and oxygen atoms in total. The smallest absolute Gasteiger partial charge is 0.319 e. The molecule has 140 valence electrons. The van der Waals surface area contributed by atoms with Crippen molar-refractivity contribution in [1.29, 1.82) is 5.26 Å². The molecular formula is C18H16N8O2. The van der Waals surface area contributed by atoms with Crippen molar-refractivity contribution in [2.24, 2.45) is 5.92 Å². The highest BCUT2D eigenvalue weighted by atomic mass is 16.6. The van der Waals surface area contributed by atoms with Crippen LogP contribution < -0.4 is 5.73 Å². The van der Waals surface area contributed by atoms with Gasteiger partial charge in [0.15, 0.2) is 5.82 Å². The van der Waals surface area contributed by atoms with Crippen molar-refractivity contribution in [3.8, 4) is 23.0 Å². The average Bonchev–Trinajstić information content (AvgIpc) is 3.14. The van der Waals surface area contributed by atoms with Gasteiger partial charge < -0.3 is 5.73 Å². The molecule has 0 spiro atoms. The standard InChI is InChI=1S/C18H16N8O2/c19-5-13-9-24(10-13)8-12-1-2-16(22-6-12)25-11-14(7-23-25)15-3-4-21-18(20)17(15)26(27)28/h1-4,6-7,11,13H,8-10H2,(H2,20,21). The quantitative estimate of drug-likeness (QED) is 0.525. The summed E-state index contributed by atoms with van der Waals surface area (Å²) in [5, 5.41) is 24.4. The molecule has 0 bridgehead atoms. The summed E-state index contributed by atoms with van der Waals surface area (Å²) in [7, 11) is 0. The van der Waals surface area contributed by atoms with Crippen molar-refractivity contribution in [2.45, 2.75) is 6.54 Å². The first-order valence-corrected chi connectivity index (χ1v) is 8.56. The molecule has 4 heterocycles. The number of nitrogens with zero attached hydrogens (tertiary/aromatic N) is 7. The van der Waals surface area contributed by atoms with Gasteiger partial charge in [-0.2, -0.15) is 10.4 Å². The zero-order valence-corrected chi connectivity index (χ0v) is 14.8. The van der Waals surface area contributed by atoms with E-state index < -0.39 is 4.92 Å². The predicted molar refractivity (Wildman–Crippen MR) is 100 cm³/mol. The van der Waals surface area contributed by atoms with Crippen LogP contribution in [-0.2, 0) is 6.54 Å². The minimum absolute atomic E-state index is 0.126. The fourth-order valence-corrected chi connectivity index (χ4v) is 3.17. The largest absolute Gasteiger partial charge is 0.378 e. The number of nitrogens with two attached hydrogens (primary N) is 1. The summed E-state index contributed by atoms with van der Waals surface area (Å²) in [5.41, 5.74) is 7.36. The molecule has 0 unspecified atom stereocenters. The Bertz CT molecular complexity index is 1060. The summed E-state index contributed by atoms with van der Waals surface area (Å²) < 4.78 is 1.55. The molecule has 3 aromatic heterocycles. The summed E-state index contributed by atoms with van der Waals surface area (Å²) in [6, 6.07) is 7.58. The Morgan fingerprint density at radius 3 is 2.79 bits per heavy atom. The monoisotopic (exact) mass is 376 g/mol. The molecule has 10 heteroatoms. The zero-order valence-electron chi connectivity index (χ0n) is 14.8. The third kappa shape index (κ3) is 3.26. The third-order valence-corrected chi connectivity index (χ3v) is 4.62. The topological polar surface area (TPSA) is 140 Å². The van der Waals surface area contributed by atoms with Gasteiger partial charge in [0.1, 0.15) is 0 Å². The lowest BCUT2D eigenvalue weighted by Gasteiger charge is -2.35. The lowest BCUT2D eigenvalue weighted by molar-refractivity contribution is -0.383. The molecule has 1 fully saturated rings. The molecule has 1 saturated heterocycles. The number of hydrogen-bond donors (Lipinski definition) is 1. The van der Waals surface area contributed by atoms with Crippen LogP contribution in [-0.4, -0.2) is 42.7 Å². The number of nitriles is 1. The first-order valence-electron chi connectivity index (χ1n) is 8.56. The molecule has 4 rings (SSSR count). The Hall–Kier alpha value is -3.84. The van der Waals surface area contributed by atoms with E-state index in [4.69, 9.17) is 11.0 Å². The van der Waals surface area contributed by atoms with Gasteiger partial charge in [-0.15, -0.1) is 0 Å². The first kappa shape index (κ1) is 17.6. The van der Waals surface area contributed by atoms with Crippen molar-refractivity contribution in [3.05, 3.63) is 58.7 Å². The van der Waals surface area contributed by atoms with E-state index in [1.54, 1.807) is 17.1 Å². The van der Waals surface area contributed by atoms with Gasteiger partial charge in [-0.1, -0.05) is 6.07 Å². The Kier molecular flexibility index (Phi) is 4.42. The maximum Gasteiger partial charge on any atom is 0.319 e. The van der Waals surface area contributed by atoms with E-state index >= 15 is 0 Å². The molecule has 1 aliphatic rings. The maximum absolute atomic E-state index is 11.3. The Labute approximate surface area is 160 Å². The van der Waals surface area contributed by atoms with Crippen molar-refractivity contribution in [3.63, 3.8) is 0 Å². The van der Waals surface area contributed by atoms with E-state index in [-0.39, 0.29) is 17.4 Å². The van der Waals surface area contributed by atoms with Crippen LogP contribution in [0.25, 0.3) is 16.9 Å². The molecule has 2 N–H and O–H groups in total. The number of rotatable bonds is 5. The van der Waals surface area contributed by atoms with E-state index in [0.29, 0.717) is 16.9 Å². The van der Waals surface area contributed by atoms with E-state index in [1.807, 2.05) is 12.1 Å². The van der Waals surface area contributed by atoms with Crippen molar-refractivity contribution in [1.82, 2.24) is 24.6 Å². The Morgan fingerprint density at radius 1 is 1.29 bits per heavy atom. The second-order valence-corrected chi connectivity index (χ2v) is 6.57. The second-order valence-electron chi connectivity index (χ2n) is 6.57. The van der Waals surface area contributed by atoms with Gasteiger partial charge in [0.05, 0.1) is 28.7 Å². The number of likely N-dealkylation sites (tertiary alicyclic amines) is 1. The molecule has 0 radical (unpaired) electrons. The van der Waals surface area contributed by atoms with Crippen LogP contribution in [0.15, 0.2) is 43.0 Å². The van der Waals surface area contributed by atoms with Crippen molar-refractivity contribution in [2.75, 3.05) is 18.8 Å². The highest BCUT2D eigenvalue weighted by molar-refractivity contribution is 5.78. The van der Waals surface area contributed by atoms with Gasteiger partial charge in [-0.25, -0.2) is 14.6 Å². The number of anilines is 1. The average molecular weight is 376 g/mol. The highest BCUT2D eigenvalue weighted by Gasteiger charge is 2.26. The lowest BCUT2D eigenvalue weighted by Crippen LogP contribution is -2.45. The van der Waals surface area contributed by atoms with Crippen LogP contribution in [0.4, 0.5) is 11.5 Å². The molecule has 3 aromatic rings. The summed E-state index contributed by atoms with van der Waals surface area (Å²) in [6.45, 7) is 2.32. The summed E-state index contributed by atoms with van der Waals surface area (Å²) in [5.74, 6) is 0.585. The summed E-state index contributed by atoms with van der Waals surface area (Å²) in [6.07, 6.45) is 6.38. The van der Waals surface area contributed by atoms with E-state index in [0.717, 1.165) is 25.2 Å². The summed E-state index contributed by atoms with van der Waals surface area (Å²) >= 11 is 0. The Morgan fingerprint density at radius 2 is 2.11 bits per heavy atom. The van der Waals surface area contributed by atoms with Gasteiger partial charge in [-0.3, -0.25) is 15.0 Å². The van der Waals surface area contributed by atoms with Crippen LogP contribution in [0.1, 0.15) is 5.56 Å². The first-order chi connectivity index (χ1) is 13.5. The van der Waals surface area contributed by atoms with Crippen molar-refractivity contribution >= 4 is 11.5 Å². The van der Waals surface area contributed by atoms with Gasteiger partial charge in [0, 0.05) is 43.8 Å². The van der Waals surface area contributed by atoms with Crippen molar-refractivity contribution < 1.29 is 4.92 Å². The third-order valence-electron chi connectivity index (χ3n) is 4.62. The Balaban J connectivity index is 1.53. The molecule has 1 aliphatic heterocycles. The molecule has 0 aromatic carbocycles. The molecule has 0 saturated carbocycles. The number of nitro groups is 1. The predicted octanol–water partition coefficient (Wildman–Crippen LogP) is 1.78. The van der Waals surface area contributed by atoms with Crippen LogP contribution in [0.3, 0.4) is 0 Å². The zero-order chi connectivity index (χ0) is 19.7. The molecular weight excluding hydrogens is 360 g/mol. The van der Waals surface area contributed by atoms with Gasteiger partial charge in [0.2, 0.25) is 5.82 Å². The SMILES string of the molecule is N#CC1CN(Cc2ccc(-n3cc(-c4ccnc(N)c4[N+](=O)[O-])cn3)nc2)C1. The number of aromatic nitrogens is 4. The van der Waals surface area contributed by atoms with Crippen LogP contribution >= 0.6 is 0 Å². The number of pyridine rings is 2. The maximum atomic E-state index is 11.3. The van der Waals surface area contributed by atoms with E-state index in [2.05, 4.69) is 26.0 Å². The van der Waals surface area contributed by atoms with Gasteiger partial charge >= 0.3 is 5.69 Å². The van der Waals surface area contributed by atoms with Crippen LogP contribution in [0.5, 0.6) is 0 Å². The van der Waals surface area contributed by atoms with Gasteiger partial charge in [0.25, 0.3) is 0 Å². The van der Waals surface area contributed by atoms with E-state index in [1.165, 1.54) is 18.5 Å². The second kappa shape index (κ2) is 7.05. The molecule has 0 amide bonds. The number of nitrogen functional groups attached to an aromatic ring is 1. The molecule has 28 heavy (non-hydrogen) atoms. The van der Waals surface area contributed by atoms with Crippen LogP contribution in [0.2, 0.25) is 0 Å². The minimum atomic E-state index is -0.547. The number of hydrogen-bond acceptors (Lipinski definition) is 8. The summed E-state index contributed by atoms with van der Waals surface area (Å²) in [4.78, 5) is 21.1. The minimum Gasteiger partial charge on any atom is -0.378 e. The molecule has 0 aliphatic carbocycles. The van der Waals surface area contributed by atoms with Crippen LogP contribution in [0, 0.1) is 27.4 Å². The lowest BCUT2D eigenvalue weighted by atomic mass is 10.0. The normalized spacial score (nSPS) is 14.4. The molecule has 0 atom stereocenters. The fraction of sp³-hybridized carbons (Fsp3) is 0.222.